The van der Waals surface area contributed by atoms with E-state index in [1.54, 1.807) is 0 Å². The predicted molar refractivity (Wildman–Crippen MR) is 369 cm³/mol. The summed E-state index contributed by atoms with van der Waals surface area (Å²) in [4.78, 5) is 7.93. The number of nitrogens with zero attached hydrogens (tertiary/aromatic N) is 3. The molecule has 87 heavy (non-hydrogen) atoms. The summed E-state index contributed by atoms with van der Waals surface area (Å²) in [6.07, 6.45) is 2.25. The lowest BCUT2D eigenvalue weighted by atomic mass is 9.42. The Hall–Kier alpha value is -9.64. The van der Waals surface area contributed by atoms with Crippen LogP contribution >= 0.6 is 0 Å². The van der Waals surface area contributed by atoms with E-state index in [1.165, 1.54) is 111 Å². The first kappa shape index (κ1) is 52.9. The average Bonchev–Trinajstić information content (AvgIpc) is 0.744. The Morgan fingerprint density at radius 3 is 1.52 bits per heavy atom. The van der Waals surface area contributed by atoms with Crippen molar-refractivity contribution in [1.29, 1.82) is 0 Å². The molecule has 0 unspecified atom stereocenters. The number of benzene rings is 12. The highest BCUT2D eigenvalue weighted by atomic mass is 15.2. The van der Waals surface area contributed by atoms with Crippen LogP contribution in [-0.4, -0.2) is 6.85 Å². The molecule has 0 amide bonds. The van der Waals surface area contributed by atoms with Gasteiger partial charge >= 0.3 is 6.85 Å². The molecule has 0 fully saturated rings. The van der Waals surface area contributed by atoms with Crippen LogP contribution in [0.5, 0.6) is 0 Å². The molecule has 3 nitrogen and oxygen atoms in total. The molecule has 12 aromatic carbocycles. The van der Waals surface area contributed by atoms with Crippen LogP contribution in [0.4, 0.5) is 45.5 Å². The molecule has 12 aromatic rings. The van der Waals surface area contributed by atoms with Gasteiger partial charge in [-0.3, -0.25) is 0 Å². The Bertz CT molecular complexity index is 4600. The van der Waals surface area contributed by atoms with E-state index in [2.05, 4.69) is 336 Å². The van der Waals surface area contributed by atoms with Crippen molar-refractivity contribution in [2.75, 3.05) is 14.6 Å². The largest absolute Gasteiger partial charge is 0.376 e. The monoisotopic (exact) mass is 1120 g/mol. The zero-order valence-corrected chi connectivity index (χ0v) is 50.8. The van der Waals surface area contributed by atoms with E-state index in [9.17, 15) is 0 Å². The Labute approximate surface area is 514 Å². The highest BCUT2D eigenvalue weighted by Gasteiger charge is 2.55. The van der Waals surface area contributed by atoms with E-state index in [0.717, 1.165) is 41.3 Å². The van der Waals surface area contributed by atoms with Gasteiger partial charge in [-0.25, -0.2) is 0 Å². The number of hydrogen-bond donors (Lipinski definition) is 0. The van der Waals surface area contributed by atoms with Gasteiger partial charge in [0.05, 0.1) is 16.8 Å². The minimum Gasteiger partial charge on any atom is -0.376 e. The summed E-state index contributed by atoms with van der Waals surface area (Å²) in [6.45, 7) is 16.6. The first-order valence-corrected chi connectivity index (χ1v) is 31.2. The Kier molecular flexibility index (Phi) is 12.0. The van der Waals surface area contributed by atoms with Crippen LogP contribution in [0.25, 0.3) is 44.2 Å². The first-order chi connectivity index (χ1) is 42.3. The normalized spacial score (nSPS) is 15.4. The van der Waals surface area contributed by atoms with Crippen LogP contribution < -0.4 is 25.5 Å². The molecule has 0 aromatic heterocycles. The van der Waals surface area contributed by atoms with Crippen molar-refractivity contribution >= 4 is 74.0 Å². The second-order valence-electron chi connectivity index (χ2n) is 27.1. The van der Waals surface area contributed by atoms with Crippen LogP contribution in [0.2, 0.25) is 0 Å². The van der Waals surface area contributed by atoms with Gasteiger partial charge in [0.25, 0.3) is 0 Å². The molecule has 0 N–H and O–H groups in total. The molecule has 3 aliphatic heterocycles. The van der Waals surface area contributed by atoms with Gasteiger partial charge in [-0.1, -0.05) is 261 Å². The van der Waals surface area contributed by atoms with Crippen LogP contribution in [0, 0.1) is 0 Å². The lowest BCUT2D eigenvalue weighted by molar-refractivity contribution is 0.331. The van der Waals surface area contributed by atoms with Crippen molar-refractivity contribution in [3.8, 4) is 33.4 Å². The highest BCUT2D eigenvalue weighted by Crippen LogP contribution is 2.62. The Morgan fingerprint density at radius 2 is 0.920 bits per heavy atom. The fourth-order valence-corrected chi connectivity index (χ4v) is 15.5. The first-order valence-electron chi connectivity index (χ1n) is 31.2. The molecular formula is C83H70BN3. The molecule has 1 aliphatic carbocycles. The van der Waals surface area contributed by atoms with E-state index >= 15 is 0 Å². The molecule has 0 bridgehead atoms. The van der Waals surface area contributed by atoms with E-state index in [-0.39, 0.29) is 23.1 Å². The van der Waals surface area contributed by atoms with Gasteiger partial charge in [0.15, 0.2) is 0 Å². The molecular weight excluding hydrogens is 1050 g/mol. The summed E-state index contributed by atoms with van der Waals surface area (Å²) < 4.78 is 0. The summed E-state index contributed by atoms with van der Waals surface area (Å²) in [6, 6.07) is 104. The maximum atomic E-state index is 2.76. The SMILES string of the molecule is CC(C)(C)c1ccc(N(c2ccc(-c3ccccc3)cc2)c2ccc3c(c2)N(c2ccc(-c4ccccc4)cc2)B2c4cccc5c4N(c4cc6c(cc4C5(c4ccccc4)c4ccccc4)C(C)(C)CCC6(C)C)c4c2c-3cc2ccccc42)cc1. The minimum atomic E-state index is -0.682. The maximum Gasteiger partial charge on any atom is 0.333 e. The third kappa shape index (κ3) is 8.17. The summed E-state index contributed by atoms with van der Waals surface area (Å²) >= 11 is 0. The minimum absolute atomic E-state index is 0.00251. The van der Waals surface area contributed by atoms with E-state index < -0.39 is 5.41 Å². The lowest BCUT2D eigenvalue weighted by Crippen LogP contribution is -2.63. The van der Waals surface area contributed by atoms with Crippen molar-refractivity contribution in [2.45, 2.75) is 83.0 Å². The smallest absolute Gasteiger partial charge is 0.333 e. The summed E-state index contributed by atoms with van der Waals surface area (Å²) in [7, 11) is 0. The number of hydrogen-bond acceptors (Lipinski definition) is 3. The highest BCUT2D eigenvalue weighted by molar-refractivity contribution is 6.94. The quantitative estimate of drug-likeness (QED) is 0.140. The zero-order chi connectivity index (χ0) is 59.0. The van der Waals surface area contributed by atoms with Gasteiger partial charge in [0, 0.05) is 45.1 Å². The lowest BCUT2D eigenvalue weighted by Gasteiger charge is -2.53. The topological polar surface area (TPSA) is 9.72 Å². The number of fused-ring (bicyclic) bond motifs is 9. The predicted octanol–water partition coefficient (Wildman–Crippen LogP) is 20.7. The molecule has 420 valence electrons. The maximum absolute atomic E-state index is 2.76. The van der Waals surface area contributed by atoms with Crippen LogP contribution in [-0.2, 0) is 21.7 Å². The Morgan fingerprint density at radius 1 is 0.402 bits per heavy atom. The van der Waals surface area contributed by atoms with Gasteiger partial charge < -0.3 is 14.6 Å². The van der Waals surface area contributed by atoms with Crippen LogP contribution in [0.3, 0.4) is 0 Å². The van der Waals surface area contributed by atoms with E-state index in [4.69, 9.17) is 0 Å². The average molecular weight is 1120 g/mol. The number of anilines is 8. The van der Waals surface area contributed by atoms with E-state index in [0.29, 0.717) is 0 Å². The van der Waals surface area contributed by atoms with Gasteiger partial charge in [-0.15, -0.1) is 0 Å². The third-order valence-corrected chi connectivity index (χ3v) is 20.1. The number of para-hydroxylation sites is 1. The van der Waals surface area contributed by atoms with Gasteiger partial charge in [0.1, 0.15) is 0 Å². The molecule has 4 heteroatoms. The molecule has 3 heterocycles. The standard InChI is InChI=1S/C83H70BN3/c1-80(2,3)60-39-45-64(46-40-60)85(63-41-35-57(36-42-63)55-23-12-8-13-24-55)66-47-48-68-69-51-59-27-20-21-32-67(59)78-77(69)84(87(75(68)52-66)65-43-37-58(38-44-65)56-25-14-9-15-26-56)74-34-22-33-70-79(74)86(78)76-54-72-71(81(4,5)49-50-82(72,6)7)53-73(76)83(70,61-28-16-10-17-29-61)62-30-18-11-19-31-62/h8-48,51-54H,49-50H2,1-7H3. The molecule has 0 radical (unpaired) electrons. The summed E-state index contributed by atoms with van der Waals surface area (Å²) in [5, 5.41) is 2.48. The van der Waals surface area contributed by atoms with Crippen molar-refractivity contribution in [2.24, 2.45) is 0 Å². The molecule has 4 aliphatic rings. The van der Waals surface area contributed by atoms with Gasteiger partial charge in [0.2, 0.25) is 0 Å². The summed E-state index contributed by atoms with van der Waals surface area (Å²) in [5.74, 6) is 0. The zero-order valence-electron chi connectivity index (χ0n) is 50.8. The van der Waals surface area contributed by atoms with E-state index in [1.807, 2.05) is 0 Å². The Balaban J connectivity index is 1.01. The van der Waals surface area contributed by atoms with Gasteiger partial charge in [-0.05, 0) is 173 Å². The van der Waals surface area contributed by atoms with Crippen molar-refractivity contribution < 1.29 is 0 Å². The van der Waals surface area contributed by atoms with Crippen molar-refractivity contribution in [3.63, 3.8) is 0 Å². The van der Waals surface area contributed by atoms with Crippen LogP contribution in [0.15, 0.2) is 273 Å². The fourth-order valence-electron chi connectivity index (χ4n) is 15.5. The second kappa shape index (κ2) is 19.7. The molecule has 0 atom stereocenters. The molecule has 0 saturated carbocycles. The second-order valence-corrected chi connectivity index (χ2v) is 27.1. The van der Waals surface area contributed by atoms with Gasteiger partial charge in [-0.2, -0.15) is 0 Å². The summed E-state index contributed by atoms with van der Waals surface area (Å²) in [5.41, 5.74) is 27.9. The molecule has 0 saturated heterocycles. The third-order valence-electron chi connectivity index (χ3n) is 20.1. The fraction of sp³-hybridized carbons (Fsp3) is 0.157. The molecule has 0 spiro atoms. The van der Waals surface area contributed by atoms with Crippen LogP contribution in [0.1, 0.15) is 100 Å². The van der Waals surface area contributed by atoms with Crippen molar-refractivity contribution in [1.82, 2.24) is 0 Å². The number of rotatable bonds is 8. The molecule has 16 rings (SSSR count). The van der Waals surface area contributed by atoms with Crippen molar-refractivity contribution in [3.05, 3.63) is 312 Å².